The summed E-state index contributed by atoms with van der Waals surface area (Å²) in [6.07, 6.45) is 1.50. The number of carbonyl (C=O) groups is 1. The zero-order chi connectivity index (χ0) is 11.5. The van der Waals surface area contributed by atoms with Gasteiger partial charge in [0.25, 0.3) is 5.91 Å². The van der Waals surface area contributed by atoms with Crippen molar-refractivity contribution >= 4 is 23.5 Å². The molecule has 6 heteroatoms. The first-order valence-electron chi connectivity index (χ1n) is 4.86. The summed E-state index contributed by atoms with van der Waals surface area (Å²) in [7, 11) is 0. The second-order valence-corrected chi connectivity index (χ2v) is 3.88. The molecule has 0 atom stereocenters. The van der Waals surface area contributed by atoms with E-state index in [2.05, 4.69) is 20.6 Å². The highest BCUT2D eigenvalue weighted by Gasteiger charge is 2.16. The molecule has 2 heterocycles. The van der Waals surface area contributed by atoms with Gasteiger partial charge in [0.2, 0.25) is 5.95 Å². The lowest BCUT2D eigenvalue weighted by Crippen LogP contribution is -2.36. The van der Waals surface area contributed by atoms with Crippen molar-refractivity contribution in [2.45, 2.75) is 6.92 Å². The van der Waals surface area contributed by atoms with E-state index >= 15 is 0 Å². The van der Waals surface area contributed by atoms with Gasteiger partial charge in [0, 0.05) is 24.9 Å². The Kier molecular flexibility index (Phi) is 3.17. The van der Waals surface area contributed by atoms with E-state index in [1.165, 1.54) is 6.20 Å². The van der Waals surface area contributed by atoms with Crippen LogP contribution in [0, 0.1) is 0 Å². The van der Waals surface area contributed by atoms with Crippen molar-refractivity contribution < 1.29 is 4.79 Å². The second kappa shape index (κ2) is 4.59. The maximum absolute atomic E-state index is 11.7. The molecular formula is C10H11ClN4O. The molecule has 1 aromatic rings. The van der Waals surface area contributed by atoms with Gasteiger partial charge in [0.15, 0.2) is 0 Å². The second-order valence-electron chi connectivity index (χ2n) is 3.49. The van der Waals surface area contributed by atoms with E-state index < -0.39 is 0 Å². The highest BCUT2D eigenvalue weighted by molar-refractivity contribution is 6.29. The van der Waals surface area contributed by atoms with Gasteiger partial charge in [-0.15, -0.1) is 0 Å². The van der Waals surface area contributed by atoms with E-state index in [1.54, 1.807) is 13.0 Å². The third kappa shape index (κ3) is 2.37. The molecule has 5 nitrogen and oxygen atoms in total. The van der Waals surface area contributed by atoms with Crippen molar-refractivity contribution in [2.75, 3.05) is 18.4 Å². The number of amides is 1. The predicted octanol–water partition coefficient (Wildman–Crippen LogP) is 0.988. The van der Waals surface area contributed by atoms with Crippen LogP contribution in [0.25, 0.3) is 0 Å². The van der Waals surface area contributed by atoms with Gasteiger partial charge in [-0.05, 0) is 18.6 Å². The molecule has 1 saturated heterocycles. The zero-order valence-electron chi connectivity index (χ0n) is 8.75. The van der Waals surface area contributed by atoms with Crippen molar-refractivity contribution in [1.29, 1.82) is 0 Å². The van der Waals surface area contributed by atoms with Gasteiger partial charge >= 0.3 is 0 Å². The van der Waals surface area contributed by atoms with Gasteiger partial charge < -0.3 is 5.32 Å². The Bertz CT molecular complexity index is 452. The van der Waals surface area contributed by atoms with Gasteiger partial charge in [-0.3, -0.25) is 10.1 Å². The molecule has 1 fully saturated rings. The highest BCUT2D eigenvalue weighted by atomic mass is 35.5. The lowest BCUT2D eigenvalue weighted by Gasteiger charge is -2.21. The van der Waals surface area contributed by atoms with Crippen LogP contribution in [-0.2, 0) is 4.79 Å². The molecular weight excluding hydrogens is 228 g/mol. The Hall–Kier alpha value is -1.46. The number of hydrogen-bond donors (Lipinski definition) is 2. The molecule has 0 aliphatic carbocycles. The van der Waals surface area contributed by atoms with E-state index in [1.807, 2.05) is 0 Å². The predicted molar refractivity (Wildman–Crippen MR) is 61.2 cm³/mol. The van der Waals surface area contributed by atoms with Crippen molar-refractivity contribution in [3.63, 3.8) is 0 Å². The molecule has 1 amide bonds. The minimum atomic E-state index is -0.182. The van der Waals surface area contributed by atoms with Crippen LogP contribution in [0.2, 0.25) is 5.15 Å². The van der Waals surface area contributed by atoms with E-state index in [0.717, 1.165) is 18.7 Å². The Morgan fingerprint density at radius 3 is 2.88 bits per heavy atom. The number of halogens is 1. The summed E-state index contributed by atoms with van der Waals surface area (Å²) in [6.45, 7) is 3.33. The number of hydrogen-bond acceptors (Lipinski definition) is 4. The molecule has 0 aromatic carbocycles. The highest BCUT2D eigenvalue weighted by Crippen LogP contribution is 2.11. The van der Waals surface area contributed by atoms with Crippen LogP contribution in [0.3, 0.4) is 0 Å². The normalized spacial score (nSPS) is 14.2. The molecule has 84 valence electrons. The van der Waals surface area contributed by atoms with Crippen LogP contribution < -0.4 is 10.6 Å². The van der Waals surface area contributed by atoms with Gasteiger partial charge in [-0.1, -0.05) is 11.6 Å². The minimum absolute atomic E-state index is 0.182. The fourth-order valence-electron chi connectivity index (χ4n) is 1.27. The molecule has 2 rings (SSSR count). The summed E-state index contributed by atoms with van der Waals surface area (Å²) in [5.41, 5.74) is 1.82. The first-order valence-corrected chi connectivity index (χ1v) is 5.24. The average Bonchev–Trinajstić information content (AvgIpc) is 2.14. The van der Waals surface area contributed by atoms with Crippen LogP contribution in [0.15, 0.2) is 23.4 Å². The molecule has 0 bridgehead atoms. The molecule has 1 aliphatic rings. The SMILES string of the molecule is CC(C(=O)Nc1nccc(Cl)n1)=C1CNC1. The lowest BCUT2D eigenvalue weighted by molar-refractivity contribution is -0.112. The third-order valence-electron chi connectivity index (χ3n) is 2.39. The number of carbonyl (C=O) groups excluding carboxylic acids is 1. The van der Waals surface area contributed by atoms with Crippen LogP contribution in [0.1, 0.15) is 6.92 Å². The van der Waals surface area contributed by atoms with Gasteiger partial charge in [-0.2, -0.15) is 0 Å². The van der Waals surface area contributed by atoms with E-state index in [9.17, 15) is 4.79 Å². The Morgan fingerprint density at radius 1 is 1.56 bits per heavy atom. The first-order chi connectivity index (χ1) is 7.66. The van der Waals surface area contributed by atoms with E-state index in [-0.39, 0.29) is 11.9 Å². The summed E-state index contributed by atoms with van der Waals surface area (Å²) in [5, 5.41) is 5.99. The average molecular weight is 239 g/mol. The summed E-state index contributed by atoms with van der Waals surface area (Å²) >= 11 is 5.68. The summed E-state index contributed by atoms with van der Waals surface area (Å²) in [4.78, 5) is 19.5. The molecule has 16 heavy (non-hydrogen) atoms. The zero-order valence-corrected chi connectivity index (χ0v) is 9.51. The van der Waals surface area contributed by atoms with E-state index in [4.69, 9.17) is 11.6 Å². The lowest BCUT2D eigenvalue weighted by atomic mass is 10.0. The van der Waals surface area contributed by atoms with Crippen molar-refractivity contribution in [3.8, 4) is 0 Å². The maximum Gasteiger partial charge on any atom is 0.253 e. The third-order valence-corrected chi connectivity index (χ3v) is 2.61. The first kappa shape index (κ1) is 11.0. The molecule has 2 N–H and O–H groups in total. The smallest absolute Gasteiger partial charge is 0.253 e. The van der Waals surface area contributed by atoms with E-state index in [0.29, 0.717) is 10.7 Å². The summed E-state index contributed by atoms with van der Waals surface area (Å²) in [6, 6.07) is 1.55. The summed E-state index contributed by atoms with van der Waals surface area (Å²) in [5.74, 6) is 0.0449. The molecule has 1 aromatic heterocycles. The van der Waals surface area contributed by atoms with Crippen LogP contribution in [0.4, 0.5) is 5.95 Å². The van der Waals surface area contributed by atoms with Gasteiger partial charge in [0.1, 0.15) is 5.15 Å². The number of anilines is 1. The van der Waals surface area contributed by atoms with Crippen molar-refractivity contribution in [1.82, 2.24) is 15.3 Å². The van der Waals surface area contributed by atoms with Gasteiger partial charge in [0.05, 0.1) is 0 Å². The quantitative estimate of drug-likeness (QED) is 0.596. The van der Waals surface area contributed by atoms with Gasteiger partial charge in [-0.25, -0.2) is 9.97 Å². The number of nitrogens with one attached hydrogen (secondary N) is 2. The molecule has 0 radical (unpaired) electrons. The number of rotatable bonds is 2. The number of aromatic nitrogens is 2. The van der Waals surface area contributed by atoms with Crippen molar-refractivity contribution in [2.24, 2.45) is 0 Å². The topological polar surface area (TPSA) is 66.9 Å². The fourth-order valence-corrected chi connectivity index (χ4v) is 1.40. The Balaban J connectivity index is 2.07. The molecule has 0 saturated carbocycles. The monoisotopic (exact) mass is 238 g/mol. The standard InChI is InChI=1S/C10H11ClN4O/c1-6(7-4-12-5-7)9(16)15-10-13-3-2-8(11)14-10/h2-3,12H,4-5H2,1H3,(H,13,14,15,16). The Morgan fingerprint density at radius 2 is 2.31 bits per heavy atom. The largest absolute Gasteiger partial charge is 0.309 e. The maximum atomic E-state index is 11.7. The number of nitrogens with zero attached hydrogens (tertiary/aromatic N) is 2. The van der Waals surface area contributed by atoms with Crippen LogP contribution >= 0.6 is 11.6 Å². The fraction of sp³-hybridized carbons (Fsp3) is 0.300. The molecule has 0 spiro atoms. The molecule has 1 aliphatic heterocycles. The Labute approximate surface area is 97.9 Å². The van der Waals surface area contributed by atoms with Crippen LogP contribution in [0.5, 0.6) is 0 Å². The van der Waals surface area contributed by atoms with Crippen LogP contribution in [-0.4, -0.2) is 29.0 Å². The van der Waals surface area contributed by atoms with Crippen molar-refractivity contribution in [3.05, 3.63) is 28.6 Å². The minimum Gasteiger partial charge on any atom is -0.309 e. The summed E-state index contributed by atoms with van der Waals surface area (Å²) < 4.78 is 0. The molecule has 0 unspecified atom stereocenters.